The molecule has 4 rings (SSSR count). The lowest BCUT2D eigenvalue weighted by Crippen LogP contribution is -2.48. The van der Waals surface area contributed by atoms with Crippen molar-refractivity contribution in [3.8, 4) is 0 Å². The van der Waals surface area contributed by atoms with Gasteiger partial charge in [-0.15, -0.1) is 0 Å². The fourth-order valence-electron chi connectivity index (χ4n) is 4.11. The van der Waals surface area contributed by atoms with Crippen molar-refractivity contribution < 1.29 is 14.3 Å². The van der Waals surface area contributed by atoms with Crippen LogP contribution in [0.3, 0.4) is 0 Å². The summed E-state index contributed by atoms with van der Waals surface area (Å²) in [5.74, 6) is 0.314. The smallest absolute Gasteiger partial charge is 0.256 e. The first-order valence-electron chi connectivity index (χ1n) is 10.2. The molecule has 2 saturated heterocycles. The normalized spacial score (nSPS) is 25.6. The molecular weight excluding hydrogens is 342 g/mol. The van der Waals surface area contributed by atoms with E-state index in [-0.39, 0.29) is 29.9 Å². The minimum atomic E-state index is 0.0463. The number of morpholine rings is 1. The summed E-state index contributed by atoms with van der Waals surface area (Å²) in [6.45, 7) is 7.15. The predicted molar refractivity (Wildman–Crippen MR) is 105 cm³/mol. The van der Waals surface area contributed by atoms with Gasteiger partial charge in [0, 0.05) is 37.8 Å². The fraction of sp³-hybridized carbons (Fsp3) is 0.619. The Kier molecular flexibility index (Phi) is 5.08. The molecule has 1 aromatic rings. The standard InChI is InChI=1S/C21H29N3O3/c1-14-12-24(13-15(2)27-14)21(26)18-8-7-17(22-20(25)16-5-6-16)11-19(18)23-9-3-4-10-23/h7-8,11,14-16H,3-6,9-10,12-13H2,1-2H3,(H,22,25)/t14-,15-/m1/s1. The van der Waals surface area contributed by atoms with Crippen molar-refractivity contribution in [2.45, 2.75) is 51.7 Å². The molecule has 2 amide bonds. The molecule has 0 unspecified atom stereocenters. The van der Waals surface area contributed by atoms with Crippen molar-refractivity contribution in [2.75, 3.05) is 36.4 Å². The Labute approximate surface area is 160 Å². The van der Waals surface area contributed by atoms with Gasteiger partial charge < -0.3 is 19.9 Å². The average Bonchev–Trinajstić information content (AvgIpc) is 3.35. The molecule has 1 aliphatic carbocycles. The number of rotatable bonds is 4. The van der Waals surface area contributed by atoms with Crippen LogP contribution in [-0.2, 0) is 9.53 Å². The second-order valence-electron chi connectivity index (χ2n) is 8.16. The summed E-state index contributed by atoms with van der Waals surface area (Å²) in [7, 11) is 0. The van der Waals surface area contributed by atoms with Crippen LogP contribution in [-0.4, -0.2) is 55.1 Å². The fourth-order valence-corrected chi connectivity index (χ4v) is 4.11. The van der Waals surface area contributed by atoms with Gasteiger partial charge in [-0.05, 0) is 57.7 Å². The number of nitrogens with zero attached hydrogens (tertiary/aromatic N) is 2. The first-order chi connectivity index (χ1) is 13.0. The van der Waals surface area contributed by atoms with Crippen molar-refractivity contribution >= 4 is 23.2 Å². The number of amides is 2. The van der Waals surface area contributed by atoms with Crippen LogP contribution in [0.2, 0.25) is 0 Å². The molecule has 2 atom stereocenters. The van der Waals surface area contributed by atoms with E-state index in [1.807, 2.05) is 36.9 Å². The van der Waals surface area contributed by atoms with Gasteiger partial charge in [-0.2, -0.15) is 0 Å². The van der Waals surface area contributed by atoms with Crippen LogP contribution < -0.4 is 10.2 Å². The molecule has 6 nitrogen and oxygen atoms in total. The van der Waals surface area contributed by atoms with Crippen molar-refractivity contribution in [3.05, 3.63) is 23.8 Å². The Morgan fingerprint density at radius 1 is 1.07 bits per heavy atom. The monoisotopic (exact) mass is 371 g/mol. The van der Waals surface area contributed by atoms with E-state index in [1.165, 1.54) is 0 Å². The number of benzene rings is 1. The van der Waals surface area contributed by atoms with Crippen molar-refractivity contribution in [3.63, 3.8) is 0 Å². The van der Waals surface area contributed by atoms with Crippen LogP contribution in [0.4, 0.5) is 11.4 Å². The average molecular weight is 371 g/mol. The molecule has 1 N–H and O–H groups in total. The minimum Gasteiger partial charge on any atom is -0.372 e. The first kappa shape index (κ1) is 18.3. The highest BCUT2D eigenvalue weighted by molar-refractivity contribution is 6.02. The van der Waals surface area contributed by atoms with E-state index in [0.29, 0.717) is 13.1 Å². The molecule has 3 aliphatic rings. The largest absolute Gasteiger partial charge is 0.372 e. The summed E-state index contributed by atoms with van der Waals surface area (Å²) in [5, 5.41) is 3.02. The van der Waals surface area contributed by atoms with Crippen molar-refractivity contribution in [2.24, 2.45) is 5.92 Å². The zero-order valence-corrected chi connectivity index (χ0v) is 16.2. The van der Waals surface area contributed by atoms with Gasteiger partial charge in [-0.25, -0.2) is 0 Å². The second kappa shape index (κ2) is 7.50. The molecule has 6 heteroatoms. The maximum absolute atomic E-state index is 13.3. The number of carbonyl (C=O) groups excluding carboxylic acids is 2. The Morgan fingerprint density at radius 2 is 1.74 bits per heavy atom. The lowest BCUT2D eigenvalue weighted by Gasteiger charge is -2.36. The van der Waals surface area contributed by atoms with Crippen LogP contribution in [0.25, 0.3) is 0 Å². The van der Waals surface area contributed by atoms with E-state index < -0.39 is 0 Å². The number of anilines is 2. The third kappa shape index (κ3) is 4.10. The van der Waals surface area contributed by atoms with E-state index in [4.69, 9.17) is 4.74 Å². The molecule has 2 aliphatic heterocycles. The Bertz CT molecular complexity index is 715. The van der Waals surface area contributed by atoms with Gasteiger partial charge in [0.15, 0.2) is 0 Å². The van der Waals surface area contributed by atoms with E-state index >= 15 is 0 Å². The molecule has 1 aromatic carbocycles. The number of carbonyl (C=O) groups is 2. The topological polar surface area (TPSA) is 61.9 Å². The van der Waals surface area contributed by atoms with Gasteiger partial charge in [0.2, 0.25) is 5.91 Å². The van der Waals surface area contributed by atoms with E-state index in [2.05, 4.69) is 10.2 Å². The summed E-state index contributed by atoms with van der Waals surface area (Å²) in [4.78, 5) is 29.6. The molecule has 2 heterocycles. The maximum Gasteiger partial charge on any atom is 0.256 e. The lowest BCUT2D eigenvalue weighted by atomic mass is 10.1. The second-order valence-corrected chi connectivity index (χ2v) is 8.16. The van der Waals surface area contributed by atoms with Gasteiger partial charge in [0.05, 0.1) is 23.5 Å². The van der Waals surface area contributed by atoms with Crippen LogP contribution in [0.5, 0.6) is 0 Å². The first-order valence-corrected chi connectivity index (χ1v) is 10.2. The lowest BCUT2D eigenvalue weighted by molar-refractivity contribution is -0.117. The van der Waals surface area contributed by atoms with Gasteiger partial charge in [-0.3, -0.25) is 9.59 Å². The third-order valence-corrected chi connectivity index (χ3v) is 5.60. The molecule has 1 saturated carbocycles. The van der Waals surface area contributed by atoms with Crippen molar-refractivity contribution in [1.82, 2.24) is 4.90 Å². The highest BCUT2D eigenvalue weighted by Crippen LogP contribution is 2.33. The highest BCUT2D eigenvalue weighted by Gasteiger charge is 2.31. The van der Waals surface area contributed by atoms with Gasteiger partial charge in [0.1, 0.15) is 0 Å². The number of hydrogen-bond donors (Lipinski definition) is 1. The number of hydrogen-bond acceptors (Lipinski definition) is 4. The van der Waals surface area contributed by atoms with E-state index in [0.717, 1.165) is 55.7 Å². The SMILES string of the molecule is C[C@@H]1CN(C(=O)c2ccc(NC(=O)C3CC3)cc2N2CCCC2)C[C@@H](C)O1. The van der Waals surface area contributed by atoms with Gasteiger partial charge in [0.25, 0.3) is 5.91 Å². The zero-order chi connectivity index (χ0) is 19.0. The van der Waals surface area contributed by atoms with Crippen LogP contribution >= 0.6 is 0 Å². The van der Waals surface area contributed by atoms with E-state index in [1.54, 1.807) is 0 Å². The van der Waals surface area contributed by atoms with Crippen LogP contribution in [0.1, 0.15) is 49.9 Å². The Balaban J connectivity index is 1.60. The summed E-state index contributed by atoms with van der Waals surface area (Å²) in [6, 6.07) is 5.72. The van der Waals surface area contributed by atoms with Crippen LogP contribution in [0, 0.1) is 5.92 Å². The summed E-state index contributed by atoms with van der Waals surface area (Å²) in [6.07, 6.45) is 4.33. The maximum atomic E-state index is 13.3. The molecule has 0 spiro atoms. The molecule has 0 radical (unpaired) electrons. The Morgan fingerprint density at radius 3 is 2.37 bits per heavy atom. The molecular formula is C21H29N3O3. The third-order valence-electron chi connectivity index (χ3n) is 5.60. The Hall–Kier alpha value is -2.08. The summed E-state index contributed by atoms with van der Waals surface area (Å²) in [5.41, 5.74) is 2.45. The highest BCUT2D eigenvalue weighted by atomic mass is 16.5. The van der Waals surface area contributed by atoms with Crippen LogP contribution in [0.15, 0.2) is 18.2 Å². The molecule has 27 heavy (non-hydrogen) atoms. The zero-order valence-electron chi connectivity index (χ0n) is 16.2. The molecule has 3 fully saturated rings. The predicted octanol–water partition coefficient (Wildman–Crippen LogP) is 2.88. The van der Waals surface area contributed by atoms with E-state index in [9.17, 15) is 9.59 Å². The van der Waals surface area contributed by atoms with Crippen molar-refractivity contribution in [1.29, 1.82) is 0 Å². The molecule has 146 valence electrons. The summed E-state index contributed by atoms with van der Waals surface area (Å²) < 4.78 is 5.77. The van der Waals surface area contributed by atoms with Gasteiger partial charge >= 0.3 is 0 Å². The molecule has 0 bridgehead atoms. The molecule has 0 aromatic heterocycles. The summed E-state index contributed by atoms with van der Waals surface area (Å²) >= 11 is 0. The number of ether oxygens (including phenoxy) is 1. The van der Waals surface area contributed by atoms with Gasteiger partial charge in [-0.1, -0.05) is 0 Å². The quantitative estimate of drug-likeness (QED) is 0.884. The number of nitrogens with one attached hydrogen (secondary N) is 1. The minimum absolute atomic E-state index is 0.0463.